The molecule has 0 radical (unpaired) electrons. The minimum Gasteiger partial charge on any atom is -0.378 e. The lowest BCUT2D eigenvalue weighted by Crippen LogP contribution is -2.36. The van der Waals surface area contributed by atoms with Crippen LogP contribution >= 0.6 is 12.2 Å². The van der Waals surface area contributed by atoms with Gasteiger partial charge in [0.15, 0.2) is 5.11 Å². The molecular weight excluding hydrogens is 490 g/mol. The molecule has 0 bridgehead atoms. The van der Waals surface area contributed by atoms with Crippen LogP contribution in [0.4, 0.5) is 11.4 Å². The number of aryl methyl sites for hydroxylation is 2. The zero-order valence-electron chi connectivity index (χ0n) is 22.1. The fourth-order valence-electron chi connectivity index (χ4n) is 5.85. The summed E-state index contributed by atoms with van der Waals surface area (Å²) in [7, 11) is 0. The van der Waals surface area contributed by atoms with Gasteiger partial charge in [-0.15, -0.1) is 0 Å². The number of anilines is 2. The van der Waals surface area contributed by atoms with Gasteiger partial charge in [-0.05, 0) is 98.7 Å². The van der Waals surface area contributed by atoms with Crippen molar-refractivity contribution in [1.82, 2.24) is 14.9 Å². The van der Waals surface area contributed by atoms with Crippen molar-refractivity contribution in [2.45, 2.75) is 32.9 Å². The van der Waals surface area contributed by atoms with Crippen LogP contribution in [0.15, 0.2) is 79.0 Å². The van der Waals surface area contributed by atoms with Gasteiger partial charge in [-0.3, -0.25) is 4.98 Å². The molecule has 2 atom stereocenters. The maximum atomic E-state index is 5.94. The van der Waals surface area contributed by atoms with Crippen LogP contribution in [0, 0.1) is 20.8 Å². The van der Waals surface area contributed by atoms with Gasteiger partial charge in [-0.25, -0.2) is 0 Å². The Bertz CT molecular complexity index is 1440. The summed E-state index contributed by atoms with van der Waals surface area (Å²) in [5.74, 6) is 0. The fourth-order valence-corrected chi connectivity index (χ4v) is 6.19. The van der Waals surface area contributed by atoms with Crippen molar-refractivity contribution in [2.24, 2.45) is 0 Å². The number of nitrogens with one attached hydrogen (secondary N) is 1. The highest BCUT2D eigenvalue weighted by Gasteiger charge is 2.42. The molecule has 0 unspecified atom stereocenters. The van der Waals surface area contributed by atoms with E-state index in [4.69, 9.17) is 21.9 Å². The number of thiocarbonyl (C=S) groups is 1. The Hall–Kier alpha value is -3.68. The minimum atomic E-state index is -0.0677. The standard InChI is InChI=1S/C31H33N5OS/c1-21-7-6-8-26(19-21)36-30(29(33-31(36)38)28-9-4-5-14-32-28)27-20-22(2)35(23(27)3)25-12-10-24(11-13-25)34-15-17-37-18-16-34/h4-14,19-20,29-30H,15-18H2,1-3H3,(H,33,38)/t29-,30-/m0/s1. The highest BCUT2D eigenvalue weighted by atomic mass is 32.1. The number of aromatic nitrogens is 2. The summed E-state index contributed by atoms with van der Waals surface area (Å²) in [6, 6.07) is 25.7. The number of morpholine rings is 1. The molecule has 7 heteroatoms. The summed E-state index contributed by atoms with van der Waals surface area (Å²) in [6.45, 7) is 9.95. The van der Waals surface area contributed by atoms with Crippen LogP contribution in [-0.2, 0) is 4.74 Å². The second-order valence-electron chi connectivity index (χ2n) is 10.1. The second kappa shape index (κ2) is 10.2. The Morgan fingerprint density at radius 3 is 2.34 bits per heavy atom. The van der Waals surface area contributed by atoms with E-state index in [0.717, 1.165) is 48.5 Å². The van der Waals surface area contributed by atoms with Gasteiger partial charge in [0, 0.05) is 47.7 Å². The van der Waals surface area contributed by atoms with Crippen molar-refractivity contribution in [3.05, 3.63) is 107 Å². The van der Waals surface area contributed by atoms with Crippen LogP contribution in [-0.4, -0.2) is 41.0 Å². The van der Waals surface area contributed by atoms with Gasteiger partial charge in [-0.1, -0.05) is 18.2 Å². The molecular formula is C31H33N5OS. The first-order valence-electron chi connectivity index (χ1n) is 13.2. The number of rotatable bonds is 5. The summed E-state index contributed by atoms with van der Waals surface area (Å²) in [6.07, 6.45) is 1.85. The predicted molar refractivity (Wildman–Crippen MR) is 157 cm³/mol. The van der Waals surface area contributed by atoms with Crippen molar-refractivity contribution in [3.63, 3.8) is 0 Å². The van der Waals surface area contributed by atoms with E-state index in [0.29, 0.717) is 0 Å². The number of hydrogen-bond acceptors (Lipinski definition) is 4. The van der Waals surface area contributed by atoms with E-state index in [1.54, 1.807) is 0 Å². The summed E-state index contributed by atoms with van der Waals surface area (Å²) in [4.78, 5) is 9.36. The molecule has 6 nitrogen and oxygen atoms in total. The Labute approximate surface area is 229 Å². The lowest BCUT2D eigenvalue weighted by atomic mass is 9.96. The van der Waals surface area contributed by atoms with E-state index >= 15 is 0 Å². The largest absolute Gasteiger partial charge is 0.378 e. The maximum Gasteiger partial charge on any atom is 0.174 e. The first-order chi connectivity index (χ1) is 18.5. The van der Waals surface area contributed by atoms with E-state index < -0.39 is 0 Å². The molecule has 38 heavy (non-hydrogen) atoms. The number of hydrogen-bond donors (Lipinski definition) is 1. The van der Waals surface area contributed by atoms with Gasteiger partial charge in [0.2, 0.25) is 0 Å². The van der Waals surface area contributed by atoms with E-state index in [9.17, 15) is 0 Å². The van der Waals surface area contributed by atoms with Gasteiger partial charge >= 0.3 is 0 Å². The third-order valence-electron chi connectivity index (χ3n) is 7.65. The van der Waals surface area contributed by atoms with Gasteiger partial charge in [0.25, 0.3) is 0 Å². The zero-order valence-corrected chi connectivity index (χ0v) is 22.9. The summed E-state index contributed by atoms with van der Waals surface area (Å²) in [5.41, 5.74) is 9.31. The summed E-state index contributed by atoms with van der Waals surface area (Å²) < 4.78 is 7.87. The first kappa shape index (κ1) is 24.6. The molecule has 0 amide bonds. The number of benzene rings is 2. The summed E-state index contributed by atoms with van der Waals surface area (Å²) >= 11 is 5.94. The highest BCUT2D eigenvalue weighted by Crippen LogP contribution is 2.44. The molecule has 6 rings (SSSR count). The van der Waals surface area contributed by atoms with Crippen molar-refractivity contribution < 1.29 is 4.74 Å². The molecule has 4 heterocycles. The highest BCUT2D eigenvalue weighted by molar-refractivity contribution is 7.80. The number of ether oxygens (including phenoxy) is 1. The Morgan fingerprint density at radius 1 is 0.868 bits per heavy atom. The Kier molecular flexibility index (Phi) is 6.64. The van der Waals surface area contributed by atoms with Gasteiger partial charge in [-0.2, -0.15) is 0 Å². The molecule has 2 aromatic carbocycles. The number of nitrogens with zero attached hydrogens (tertiary/aromatic N) is 4. The quantitative estimate of drug-likeness (QED) is 0.333. The normalized spacial score (nSPS) is 19.6. The molecule has 2 fully saturated rings. The third-order valence-corrected chi connectivity index (χ3v) is 7.97. The molecule has 194 valence electrons. The van der Waals surface area contributed by atoms with Crippen LogP contribution in [0.3, 0.4) is 0 Å². The van der Waals surface area contributed by atoms with Crippen molar-refractivity contribution in [2.75, 3.05) is 36.1 Å². The first-order valence-corrected chi connectivity index (χ1v) is 13.6. The molecule has 0 aliphatic carbocycles. The lowest BCUT2D eigenvalue weighted by Gasteiger charge is -2.29. The van der Waals surface area contributed by atoms with Crippen LogP contribution in [0.1, 0.15) is 40.3 Å². The van der Waals surface area contributed by atoms with E-state index in [1.165, 1.54) is 28.2 Å². The smallest absolute Gasteiger partial charge is 0.174 e. The molecule has 0 spiro atoms. The molecule has 2 aromatic heterocycles. The molecule has 2 aliphatic rings. The van der Waals surface area contributed by atoms with Crippen LogP contribution < -0.4 is 15.1 Å². The molecule has 2 aliphatic heterocycles. The lowest BCUT2D eigenvalue weighted by molar-refractivity contribution is 0.122. The topological polar surface area (TPSA) is 45.6 Å². The average molecular weight is 524 g/mol. The zero-order chi connectivity index (χ0) is 26.2. The van der Waals surface area contributed by atoms with E-state index in [2.05, 4.69) is 101 Å². The van der Waals surface area contributed by atoms with Gasteiger partial charge < -0.3 is 24.4 Å². The third kappa shape index (κ3) is 4.46. The predicted octanol–water partition coefficient (Wildman–Crippen LogP) is 5.81. The fraction of sp³-hybridized carbons (Fsp3) is 0.290. The van der Waals surface area contributed by atoms with Crippen molar-refractivity contribution in [1.29, 1.82) is 0 Å². The van der Waals surface area contributed by atoms with Gasteiger partial charge in [0.05, 0.1) is 31.0 Å². The van der Waals surface area contributed by atoms with Crippen molar-refractivity contribution >= 4 is 28.7 Å². The van der Waals surface area contributed by atoms with E-state index in [-0.39, 0.29) is 12.1 Å². The summed E-state index contributed by atoms with van der Waals surface area (Å²) in [5, 5.41) is 4.31. The molecule has 1 N–H and O–H groups in total. The van der Waals surface area contributed by atoms with Crippen LogP contribution in [0.2, 0.25) is 0 Å². The second-order valence-corrected chi connectivity index (χ2v) is 10.5. The Balaban J connectivity index is 1.42. The van der Waals surface area contributed by atoms with Crippen LogP contribution in [0.5, 0.6) is 0 Å². The number of pyridine rings is 1. The van der Waals surface area contributed by atoms with Crippen LogP contribution in [0.25, 0.3) is 5.69 Å². The van der Waals surface area contributed by atoms with E-state index in [1.807, 2.05) is 18.3 Å². The average Bonchev–Trinajstić information content (AvgIpc) is 3.44. The molecule has 4 aromatic rings. The SMILES string of the molecule is Cc1cccc(N2C(=S)N[C@@H](c3ccccn3)[C@@H]2c2cc(C)n(-c3ccc(N4CCOCC4)cc3)c2C)c1. The molecule has 0 saturated carbocycles. The van der Waals surface area contributed by atoms with Crippen molar-refractivity contribution in [3.8, 4) is 5.69 Å². The monoisotopic (exact) mass is 523 g/mol. The minimum absolute atomic E-state index is 0.0354. The van der Waals surface area contributed by atoms with Gasteiger partial charge in [0.1, 0.15) is 0 Å². The molecule has 2 saturated heterocycles. The Morgan fingerprint density at radius 2 is 1.63 bits per heavy atom. The maximum absolute atomic E-state index is 5.94.